The average molecular weight is 317 g/mol. The van der Waals surface area contributed by atoms with E-state index in [-0.39, 0.29) is 11.1 Å². The highest BCUT2D eigenvalue weighted by atomic mass is 28.4. The minimum Gasteiger partial charge on any atom is -0.417 e. The summed E-state index contributed by atoms with van der Waals surface area (Å²) in [5, 5.41) is 10.4. The molecule has 0 fully saturated rings. The Morgan fingerprint density at radius 3 is 2.05 bits per heavy atom. The molecule has 0 spiro atoms. The second-order valence-electron chi connectivity index (χ2n) is 8.61. The smallest absolute Gasteiger partial charge is 0.191 e. The molecule has 0 aromatic carbocycles. The molecule has 0 aromatic rings. The second kappa shape index (κ2) is 7.38. The van der Waals surface area contributed by atoms with Crippen molar-refractivity contribution in [2.24, 2.45) is 0 Å². The predicted molar refractivity (Wildman–Crippen MR) is 95.5 cm³/mol. The summed E-state index contributed by atoms with van der Waals surface area (Å²) < 4.78 is 6.12. The Morgan fingerprint density at radius 2 is 1.65 bits per heavy atom. The van der Waals surface area contributed by atoms with Crippen LogP contribution in [0.3, 0.4) is 0 Å². The molecule has 0 aromatic heterocycles. The van der Waals surface area contributed by atoms with Gasteiger partial charge in [0.25, 0.3) is 0 Å². The molecule has 1 atom stereocenters. The standard InChI is InChI=1S/C16H36O2Si2/c1-14(13-19(5,6)7)12-15(17)10-11-18-20(8,9)16(2,3)4/h13,15,17H,10-12H2,1-9H3/b14-13+. The Kier molecular flexibility index (Phi) is 7.42. The van der Waals surface area contributed by atoms with Crippen LogP contribution in [0.1, 0.15) is 40.5 Å². The van der Waals surface area contributed by atoms with Crippen LogP contribution < -0.4 is 0 Å². The third-order valence-corrected chi connectivity index (χ3v) is 9.85. The van der Waals surface area contributed by atoms with Crippen molar-refractivity contribution >= 4 is 16.4 Å². The van der Waals surface area contributed by atoms with Crippen molar-refractivity contribution in [2.45, 2.75) is 84.4 Å². The zero-order chi connectivity index (χ0) is 16.2. The first-order chi connectivity index (χ1) is 8.74. The van der Waals surface area contributed by atoms with E-state index in [1.807, 2.05) is 0 Å². The molecular formula is C16H36O2Si2. The number of hydrogen-bond acceptors (Lipinski definition) is 2. The molecule has 0 rings (SSSR count). The number of aliphatic hydroxyl groups is 1. The monoisotopic (exact) mass is 316 g/mol. The van der Waals surface area contributed by atoms with Crippen molar-refractivity contribution in [1.82, 2.24) is 0 Å². The van der Waals surface area contributed by atoms with Gasteiger partial charge in [-0.1, -0.05) is 51.7 Å². The van der Waals surface area contributed by atoms with E-state index in [9.17, 15) is 5.11 Å². The van der Waals surface area contributed by atoms with E-state index >= 15 is 0 Å². The van der Waals surface area contributed by atoms with Gasteiger partial charge in [-0.15, -0.1) is 0 Å². The maximum absolute atomic E-state index is 10.1. The third-order valence-electron chi connectivity index (χ3n) is 3.96. The summed E-state index contributed by atoms with van der Waals surface area (Å²) in [6.07, 6.45) is 1.25. The molecule has 20 heavy (non-hydrogen) atoms. The van der Waals surface area contributed by atoms with Crippen LogP contribution in [0.25, 0.3) is 0 Å². The fourth-order valence-electron chi connectivity index (χ4n) is 1.94. The van der Waals surface area contributed by atoms with Gasteiger partial charge in [-0.25, -0.2) is 0 Å². The zero-order valence-electron chi connectivity index (χ0n) is 15.1. The van der Waals surface area contributed by atoms with Crippen molar-refractivity contribution in [3.05, 3.63) is 11.3 Å². The van der Waals surface area contributed by atoms with E-state index in [0.29, 0.717) is 6.61 Å². The molecule has 0 aliphatic rings. The molecule has 0 saturated carbocycles. The summed E-state index contributed by atoms with van der Waals surface area (Å²) in [4.78, 5) is 0. The highest BCUT2D eigenvalue weighted by Crippen LogP contribution is 2.36. The lowest BCUT2D eigenvalue weighted by atomic mass is 10.1. The van der Waals surface area contributed by atoms with Crippen LogP contribution in [-0.4, -0.2) is 34.2 Å². The first kappa shape index (κ1) is 20.1. The van der Waals surface area contributed by atoms with E-state index in [0.717, 1.165) is 12.8 Å². The Hall–Kier alpha value is 0.0938. The molecule has 2 nitrogen and oxygen atoms in total. The van der Waals surface area contributed by atoms with Gasteiger partial charge in [0, 0.05) is 6.61 Å². The van der Waals surface area contributed by atoms with Crippen LogP contribution in [0, 0.1) is 0 Å². The van der Waals surface area contributed by atoms with Crippen molar-refractivity contribution < 1.29 is 9.53 Å². The van der Waals surface area contributed by atoms with Gasteiger partial charge in [0.2, 0.25) is 0 Å². The highest BCUT2D eigenvalue weighted by molar-refractivity contribution is 6.81. The summed E-state index contributed by atoms with van der Waals surface area (Å²) in [7, 11) is -2.84. The lowest BCUT2D eigenvalue weighted by Crippen LogP contribution is -2.41. The van der Waals surface area contributed by atoms with Crippen molar-refractivity contribution in [2.75, 3.05) is 6.61 Å². The van der Waals surface area contributed by atoms with Crippen molar-refractivity contribution in [1.29, 1.82) is 0 Å². The van der Waals surface area contributed by atoms with Crippen LogP contribution in [0.2, 0.25) is 37.8 Å². The molecule has 0 radical (unpaired) electrons. The Bertz CT molecular complexity index is 322. The van der Waals surface area contributed by atoms with E-state index in [4.69, 9.17) is 4.43 Å². The summed E-state index contributed by atoms with van der Waals surface area (Å²) in [6, 6.07) is 0. The molecule has 0 bridgehead atoms. The molecule has 1 unspecified atom stereocenters. The Morgan fingerprint density at radius 1 is 1.15 bits per heavy atom. The Labute approximate surface area is 128 Å². The van der Waals surface area contributed by atoms with Gasteiger partial charge in [0.05, 0.1) is 14.2 Å². The molecule has 4 heteroatoms. The average Bonchev–Trinajstić information content (AvgIpc) is 2.11. The van der Waals surface area contributed by atoms with E-state index in [1.165, 1.54) is 5.57 Å². The minimum atomic E-state index is -1.67. The number of hydrogen-bond donors (Lipinski definition) is 1. The Balaban J connectivity index is 4.20. The molecule has 0 aliphatic carbocycles. The van der Waals surface area contributed by atoms with Gasteiger partial charge in [0.1, 0.15) is 0 Å². The molecule has 0 amide bonds. The third kappa shape index (κ3) is 8.40. The van der Waals surface area contributed by atoms with Gasteiger partial charge in [-0.3, -0.25) is 0 Å². The van der Waals surface area contributed by atoms with Crippen LogP contribution in [0.15, 0.2) is 11.3 Å². The van der Waals surface area contributed by atoms with E-state index < -0.39 is 16.4 Å². The van der Waals surface area contributed by atoms with Crippen LogP contribution in [-0.2, 0) is 4.43 Å². The van der Waals surface area contributed by atoms with Gasteiger partial charge >= 0.3 is 0 Å². The normalized spacial score (nSPS) is 16.4. The summed E-state index contributed by atoms with van der Waals surface area (Å²) in [6.45, 7) is 21.0. The predicted octanol–water partition coefficient (Wildman–Crippen LogP) is 4.97. The van der Waals surface area contributed by atoms with Gasteiger partial charge < -0.3 is 9.53 Å². The molecule has 0 heterocycles. The van der Waals surface area contributed by atoms with Crippen molar-refractivity contribution in [3.8, 4) is 0 Å². The zero-order valence-corrected chi connectivity index (χ0v) is 17.1. The van der Waals surface area contributed by atoms with Gasteiger partial charge in [0.15, 0.2) is 8.32 Å². The summed E-state index contributed by atoms with van der Waals surface area (Å²) in [5.41, 5.74) is 3.70. The topological polar surface area (TPSA) is 29.5 Å². The number of aliphatic hydroxyl groups excluding tert-OH is 1. The first-order valence-electron chi connectivity index (χ1n) is 7.75. The largest absolute Gasteiger partial charge is 0.417 e. The summed E-state index contributed by atoms with van der Waals surface area (Å²) >= 11 is 0. The molecule has 0 aliphatic heterocycles. The van der Waals surface area contributed by atoms with Gasteiger partial charge in [-0.05, 0) is 37.9 Å². The SMILES string of the molecule is C/C(=C\[Si](C)(C)C)CC(O)CCO[Si](C)(C)C(C)(C)C. The van der Waals surface area contributed by atoms with Crippen LogP contribution in [0.5, 0.6) is 0 Å². The van der Waals surface area contributed by atoms with Crippen LogP contribution >= 0.6 is 0 Å². The lowest BCUT2D eigenvalue weighted by molar-refractivity contribution is 0.135. The maximum atomic E-state index is 10.1. The van der Waals surface area contributed by atoms with Crippen LogP contribution in [0.4, 0.5) is 0 Å². The molecular weight excluding hydrogens is 280 g/mol. The van der Waals surface area contributed by atoms with Gasteiger partial charge in [-0.2, -0.15) is 0 Å². The van der Waals surface area contributed by atoms with E-state index in [1.54, 1.807) is 0 Å². The van der Waals surface area contributed by atoms with Crippen molar-refractivity contribution in [3.63, 3.8) is 0 Å². The minimum absolute atomic E-state index is 0.242. The second-order valence-corrected chi connectivity index (χ2v) is 18.4. The molecule has 0 saturated heterocycles. The van der Waals surface area contributed by atoms with E-state index in [2.05, 4.69) is 66.1 Å². The lowest BCUT2D eigenvalue weighted by Gasteiger charge is -2.36. The number of rotatable bonds is 7. The first-order valence-corrected chi connectivity index (χ1v) is 14.2. The maximum Gasteiger partial charge on any atom is 0.191 e. The molecule has 1 N–H and O–H groups in total. The summed E-state index contributed by atoms with van der Waals surface area (Å²) in [5.74, 6) is 0. The fraction of sp³-hybridized carbons (Fsp3) is 0.875. The molecule has 120 valence electrons. The highest BCUT2D eigenvalue weighted by Gasteiger charge is 2.36. The quantitative estimate of drug-likeness (QED) is 0.672. The fourth-order valence-corrected chi connectivity index (χ4v) is 4.60.